The number of nitrogens with two attached hydrogens (primary N) is 1. The molecular formula is C17H16N2O2S. The average molecular weight is 312 g/mol. The monoisotopic (exact) mass is 312 g/mol. The van der Waals surface area contributed by atoms with Crippen LogP contribution in [0.15, 0.2) is 41.2 Å². The van der Waals surface area contributed by atoms with Gasteiger partial charge in [-0.2, -0.15) is 0 Å². The Morgan fingerprint density at radius 1 is 1.14 bits per heavy atom. The number of fused-ring (bicyclic) bond motifs is 2. The molecule has 2 aromatic carbocycles. The predicted molar refractivity (Wildman–Crippen MR) is 93.1 cm³/mol. The van der Waals surface area contributed by atoms with Crippen LogP contribution in [0.3, 0.4) is 0 Å². The molecule has 0 aliphatic heterocycles. The highest BCUT2D eigenvalue weighted by atomic mass is 32.1. The van der Waals surface area contributed by atoms with Crippen LogP contribution in [-0.2, 0) is 0 Å². The molecule has 5 heteroatoms. The maximum absolute atomic E-state index is 12.7. The van der Waals surface area contributed by atoms with Gasteiger partial charge in [-0.25, -0.2) is 0 Å². The van der Waals surface area contributed by atoms with Gasteiger partial charge in [0.2, 0.25) is 5.91 Å². The highest BCUT2D eigenvalue weighted by Crippen LogP contribution is 2.28. The summed E-state index contributed by atoms with van der Waals surface area (Å²) in [4.78, 5) is 26.1. The Kier molecular flexibility index (Phi) is 3.58. The summed E-state index contributed by atoms with van der Waals surface area (Å²) in [5, 5.41) is 1.33. The average Bonchev–Trinajstić information content (AvgIpc) is 2.53. The van der Waals surface area contributed by atoms with E-state index in [9.17, 15) is 9.59 Å². The van der Waals surface area contributed by atoms with Crippen LogP contribution in [0, 0.1) is 0 Å². The first-order valence-electron chi connectivity index (χ1n) is 7.03. The number of hydrogen-bond donors (Lipinski definition) is 1. The zero-order valence-corrected chi connectivity index (χ0v) is 13.2. The van der Waals surface area contributed by atoms with Crippen LogP contribution in [0.1, 0.15) is 17.3 Å². The maximum atomic E-state index is 12.7. The van der Waals surface area contributed by atoms with Crippen LogP contribution >= 0.6 is 11.3 Å². The van der Waals surface area contributed by atoms with Gasteiger partial charge >= 0.3 is 0 Å². The minimum atomic E-state index is -0.485. The molecule has 0 aliphatic rings. The van der Waals surface area contributed by atoms with Gasteiger partial charge in [-0.05, 0) is 43.3 Å². The fraction of sp³-hybridized carbons (Fsp3) is 0.176. The zero-order chi connectivity index (χ0) is 15.9. The minimum Gasteiger partial charge on any atom is -0.375 e. The third kappa shape index (κ3) is 2.33. The molecule has 0 saturated carbocycles. The summed E-state index contributed by atoms with van der Waals surface area (Å²) in [6.07, 6.45) is 0. The van der Waals surface area contributed by atoms with Crippen molar-refractivity contribution in [2.75, 3.05) is 18.5 Å². The second kappa shape index (κ2) is 5.42. The third-order valence-electron chi connectivity index (χ3n) is 3.85. The highest BCUT2D eigenvalue weighted by Gasteiger charge is 2.10. The summed E-state index contributed by atoms with van der Waals surface area (Å²) in [6.45, 7) is 2.94. The topological polar surface area (TPSA) is 63.4 Å². The molecule has 1 heterocycles. The second-order valence-corrected chi connectivity index (χ2v) is 6.28. The molecule has 22 heavy (non-hydrogen) atoms. The largest absolute Gasteiger partial charge is 0.375 e. The van der Waals surface area contributed by atoms with Crippen LogP contribution in [0.5, 0.6) is 0 Å². The van der Waals surface area contributed by atoms with Crippen molar-refractivity contribution >= 4 is 43.1 Å². The Balaban J connectivity index is 2.31. The summed E-state index contributed by atoms with van der Waals surface area (Å²) in [6, 6.07) is 10.9. The molecule has 0 fully saturated rings. The second-order valence-electron chi connectivity index (χ2n) is 5.20. The molecule has 1 aromatic heterocycles. The molecule has 0 radical (unpaired) electrons. The maximum Gasteiger partial charge on any atom is 0.248 e. The van der Waals surface area contributed by atoms with Gasteiger partial charge in [0, 0.05) is 45.0 Å². The normalized spacial score (nSPS) is 11.0. The van der Waals surface area contributed by atoms with Crippen molar-refractivity contribution in [3.63, 3.8) is 0 Å². The molecule has 0 unspecified atom stereocenters. The van der Waals surface area contributed by atoms with Crippen LogP contribution in [0.2, 0.25) is 0 Å². The third-order valence-corrected chi connectivity index (χ3v) is 4.99. The van der Waals surface area contributed by atoms with Crippen LogP contribution in [0.4, 0.5) is 5.69 Å². The predicted octanol–water partition coefficient (Wildman–Crippen LogP) is 2.97. The lowest BCUT2D eigenvalue weighted by molar-refractivity contribution is 0.100. The van der Waals surface area contributed by atoms with Gasteiger partial charge in [0.05, 0.1) is 0 Å². The molecular weight excluding hydrogens is 296 g/mol. The van der Waals surface area contributed by atoms with Crippen molar-refractivity contribution in [2.45, 2.75) is 6.92 Å². The van der Waals surface area contributed by atoms with E-state index in [-0.39, 0.29) is 5.43 Å². The number of hydrogen-bond acceptors (Lipinski definition) is 4. The van der Waals surface area contributed by atoms with Crippen molar-refractivity contribution in [1.82, 2.24) is 0 Å². The van der Waals surface area contributed by atoms with Gasteiger partial charge in [0.1, 0.15) is 0 Å². The summed E-state index contributed by atoms with van der Waals surface area (Å²) in [5.41, 5.74) is 6.74. The molecule has 0 spiro atoms. The molecule has 0 bridgehead atoms. The SMILES string of the molecule is CCN(C)c1ccc2sc3cc(C(N)=O)ccc3c(=O)c2c1. The summed E-state index contributed by atoms with van der Waals surface area (Å²) >= 11 is 1.50. The minimum absolute atomic E-state index is 0.00822. The molecule has 3 aromatic rings. The van der Waals surface area contributed by atoms with Crippen molar-refractivity contribution in [3.8, 4) is 0 Å². The van der Waals surface area contributed by atoms with Gasteiger partial charge in [-0.1, -0.05) is 0 Å². The summed E-state index contributed by atoms with van der Waals surface area (Å²) in [5.74, 6) is -0.485. The molecule has 4 nitrogen and oxygen atoms in total. The summed E-state index contributed by atoms with van der Waals surface area (Å²) < 4.78 is 1.69. The Morgan fingerprint density at radius 3 is 2.59 bits per heavy atom. The highest BCUT2D eigenvalue weighted by molar-refractivity contribution is 7.24. The molecule has 1 amide bonds. The Labute approximate surface area is 131 Å². The van der Waals surface area contributed by atoms with E-state index in [1.54, 1.807) is 18.2 Å². The van der Waals surface area contributed by atoms with Crippen molar-refractivity contribution in [1.29, 1.82) is 0 Å². The molecule has 0 saturated heterocycles. The van der Waals surface area contributed by atoms with Crippen LogP contribution in [-0.4, -0.2) is 19.5 Å². The standard InChI is InChI=1S/C17H16N2O2S/c1-3-19(2)11-5-7-14-13(9-11)16(20)12-6-4-10(17(18)21)8-15(12)22-14/h4-9H,3H2,1-2H3,(H2,18,21). The first kappa shape index (κ1) is 14.5. The summed E-state index contributed by atoms with van der Waals surface area (Å²) in [7, 11) is 2.00. The first-order chi connectivity index (χ1) is 10.5. The molecule has 3 rings (SSSR count). The lowest BCUT2D eigenvalue weighted by Crippen LogP contribution is -2.16. The smallest absolute Gasteiger partial charge is 0.248 e. The molecule has 0 aliphatic carbocycles. The fourth-order valence-corrected chi connectivity index (χ4v) is 3.51. The fourth-order valence-electron chi connectivity index (χ4n) is 2.42. The Hall–Kier alpha value is -2.40. The number of primary amides is 1. The number of rotatable bonds is 3. The van der Waals surface area contributed by atoms with E-state index in [1.807, 2.05) is 25.2 Å². The molecule has 0 atom stereocenters. The Bertz CT molecular complexity index is 946. The number of anilines is 1. The lowest BCUT2D eigenvalue weighted by Gasteiger charge is -2.17. The van der Waals surface area contributed by atoms with E-state index in [1.165, 1.54) is 11.3 Å². The van der Waals surface area contributed by atoms with E-state index in [0.717, 1.165) is 21.6 Å². The molecule has 2 N–H and O–H groups in total. The van der Waals surface area contributed by atoms with E-state index in [2.05, 4.69) is 11.8 Å². The zero-order valence-electron chi connectivity index (χ0n) is 12.4. The van der Waals surface area contributed by atoms with Gasteiger partial charge in [-0.3, -0.25) is 9.59 Å². The van der Waals surface area contributed by atoms with Gasteiger partial charge in [0.25, 0.3) is 0 Å². The van der Waals surface area contributed by atoms with Crippen LogP contribution in [0.25, 0.3) is 20.2 Å². The van der Waals surface area contributed by atoms with Crippen LogP contribution < -0.4 is 16.1 Å². The number of carbonyl (C=O) groups is 1. The number of carbonyl (C=O) groups excluding carboxylic acids is 1. The van der Waals surface area contributed by atoms with Gasteiger partial charge in [0.15, 0.2) is 5.43 Å². The molecule has 112 valence electrons. The van der Waals surface area contributed by atoms with E-state index < -0.39 is 5.91 Å². The number of nitrogens with zero attached hydrogens (tertiary/aromatic N) is 1. The lowest BCUT2D eigenvalue weighted by atomic mass is 10.1. The number of benzene rings is 2. The van der Waals surface area contributed by atoms with Crippen molar-refractivity contribution in [2.24, 2.45) is 5.73 Å². The number of amides is 1. The van der Waals surface area contributed by atoms with Gasteiger partial charge in [-0.15, -0.1) is 11.3 Å². The quantitative estimate of drug-likeness (QED) is 0.756. The van der Waals surface area contributed by atoms with E-state index in [4.69, 9.17) is 5.73 Å². The first-order valence-corrected chi connectivity index (χ1v) is 7.84. The van der Waals surface area contributed by atoms with Gasteiger partial charge < -0.3 is 10.6 Å². The Morgan fingerprint density at radius 2 is 1.91 bits per heavy atom. The van der Waals surface area contributed by atoms with E-state index in [0.29, 0.717) is 16.3 Å². The van der Waals surface area contributed by atoms with E-state index >= 15 is 0 Å². The van der Waals surface area contributed by atoms with Crippen molar-refractivity contribution in [3.05, 3.63) is 52.2 Å². The van der Waals surface area contributed by atoms with Crippen molar-refractivity contribution < 1.29 is 4.79 Å².